The van der Waals surface area contributed by atoms with Crippen molar-refractivity contribution in [2.24, 2.45) is 0 Å². The van der Waals surface area contributed by atoms with Crippen molar-refractivity contribution in [2.75, 3.05) is 18.2 Å². The summed E-state index contributed by atoms with van der Waals surface area (Å²) in [4.78, 5) is 44.8. The van der Waals surface area contributed by atoms with Crippen LogP contribution in [0.15, 0.2) is 23.4 Å². The van der Waals surface area contributed by atoms with E-state index in [1.807, 2.05) is 40.0 Å². The number of anilines is 1. The van der Waals surface area contributed by atoms with Gasteiger partial charge in [-0.25, -0.2) is 14.3 Å². The third kappa shape index (κ3) is 6.07. The standard InChI is InChI=1S/C22H26N6O4S/c1-12-6-7-16(10-13(12)2)24-21(31)25-18(29)11-32-19(30)9-8-17-14(3)23-20-26-22(33-5)27-28(20)15(17)4/h6-7,10H,8-9,11H2,1-5H3,(H2,24,25,29,31). The second-order valence-electron chi connectivity index (χ2n) is 7.53. The molecule has 0 radical (unpaired) electrons. The molecule has 1 aromatic carbocycles. The van der Waals surface area contributed by atoms with E-state index in [2.05, 4.69) is 25.7 Å². The molecule has 0 fully saturated rings. The van der Waals surface area contributed by atoms with Crippen molar-refractivity contribution in [1.82, 2.24) is 24.9 Å². The zero-order valence-corrected chi connectivity index (χ0v) is 20.0. The minimum absolute atomic E-state index is 0.0566. The van der Waals surface area contributed by atoms with E-state index in [9.17, 15) is 14.4 Å². The third-order valence-corrected chi connectivity index (χ3v) is 5.71. The van der Waals surface area contributed by atoms with Gasteiger partial charge in [0.05, 0.1) is 0 Å². The van der Waals surface area contributed by atoms with Crippen LogP contribution in [-0.4, -0.2) is 50.4 Å². The molecule has 2 aromatic heterocycles. The normalized spacial score (nSPS) is 10.8. The number of aromatic nitrogens is 4. The molecule has 0 bridgehead atoms. The van der Waals surface area contributed by atoms with Crippen LogP contribution in [0.3, 0.4) is 0 Å². The highest BCUT2D eigenvalue weighted by Crippen LogP contribution is 2.18. The molecule has 2 N–H and O–H groups in total. The van der Waals surface area contributed by atoms with Crippen LogP contribution in [0.25, 0.3) is 5.78 Å². The molecule has 0 aliphatic carbocycles. The second-order valence-corrected chi connectivity index (χ2v) is 8.31. The summed E-state index contributed by atoms with van der Waals surface area (Å²) in [5, 5.41) is 9.72. The largest absolute Gasteiger partial charge is 0.456 e. The number of rotatable bonds is 7. The second kappa shape index (κ2) is 10.4. The molecule has 3 rings (SSSR count). The van der Waals surface area contributed by atoms with Gasteiger partial charge >= 0.3 is 12.0 Å². The van der Waals surface area contributed by atoms with Crippen LogP contribution in [0.5, 0.6) is 0 Å². The zero-order valence-electron chi connectivity index (χ0n) is 19.2. The van der Waals surface area contributed by atoms with Crippen molar-refractivity contribution in [3.63, 3.8) is 0 Å². The fourth-order valence-corrected chi connectivity index (χ4v) is 3.56. The van der Waals surface area contributed by atoms with Gasteiger partial charge in [-0.1, -0.05) is 17.8 Å². The Kier molecular flexibility index (Phi) is 7.64. The number of thioether (sulfide) groups is 1. The molecule has 10 nitrogen and oxygen atoms in total. The van der Waals surface area contributed by atoms with Gasteiger partial charge in [-0.05, 0) is 69.2 Å². The van der Waals surface area contributed by atoms with Crippen LogP contribution in [0.2, 0.25) is 0 Å². The first-order chi connectivity index (χ1) is 15.7. The van der Waals surface area contributed by atoms with Crippen LogP contribution >= 0.6 is 11.8 Å². The number of carbonyl (C=O) groups is 3. The topological polar surface area (TPSA) is 128 Å². The summed E-state index contributed by atoms with van der Waals surface area (Å²) in [5.74, 6) is -0.759. The van der Waals surface area contributed by atoms with Crippen molar-refractivity contribution in [3.05, 3.63) is 46.3 Å². The number of urea groups is 1. The highest BCUT2D eigenvalue weighted by molar-refractivity contribution is 7.98. The first kappa shape index (κ1) is 24.2. The van der Waals surface area contributed by atoms with E-state index >= 15 is 0 Å². The third-order valence-electron chi connectivity index (χ3n) is 5.17. The molecular formula is C22H26N6O4S. The summed E-state index contributed by atoms with van der Waals surface area (Å²) >= 11 is 1.42. The molecule has 3 aromatic rings. The first-order valence-electron chi connectivity index (χ1n) is 10.3. The maximum Gasteiger partial charge on any atom is 0.325 e. The summed E-state index contributed by atoms with van der Waals surface area (Å²) in [6.45, 7) is 7.08. The number of benzene rings is 1. The van der Waals surface area contributed by atoms with E-state index < -0.39 is 24.5 Å². The Balaban J connectivity index is 1.48. The maximum atomic E-state index is 12.1. The summed E-state index contributed by atoms with van der Waals surface area (Å²) in [6.07, 6.45) is 2.32. The molecule has 174 valence electrons. The maximum absolute atomic E-state index is 12.1. The Labute approximate surface area is 195 Å². The molecule has 11 heteroatoms. The van der Waals surface area contributed by atoms with Crippen molar-refractivity contribution >= 4 is 41.1 Å². The molecule has 0 atom stereocenters. The van der Waals surface area contributed by atoms with Crippen LogP contribution in [0.4, 0.5) is 10.5 Å². The van der Waals surface area contributed by atoms with Gasteiger partial charge in [-0.2, -0.15) is 4.98 Å². The van der Waals surface area contributed by atoms with Crippen LogP contribution in [-0.2, 0) is 20.7 Å². The molecule has 2 heterocycles. The number of hydrogen-bond donors (Lipinski definition) is 2. The molecule has 0 aliphatic rings. The number of fused-ring (bicyclic) bond motifs is 1. The molecule has 0 aliphatic heterocycles. The Morgan fingerprint density at radius 1 is 1.09 bits per heavy atom. The van der Waals surface area contributed by atoms with Crippen molar-refractivity contribution < 1.29 is 19.1 Å². The van der Waals surface area contributed by atoms with Crippen LogP contribution in [0.1, 0.15) is 34.5 Å². The van der Waals surface area contributed by atoms with Crippen molar-refractivity contribution in [2.45, 2.75) is 45.7 Å². The Morgan fingerprint density at radius 3 is 2.55 bits per heavy atom. The van der Waals surface area contributed by atoms with E-state index in [1.165, 1.54) is 11.8 Å². The number of hydrogen-bond acceptors (Lipinski definition) is 8. The lowest BCUT2D eigenvalue weighted by Gasteiger charge is -2.11. The van der Waals surface area contributed by atoms with Gasteiger partial charge in [0, 0.05) is 23.5 Å². The Hall–Kier alpha value is -3.47. The highest BCUT2D eigenvalue weighted by atomic mass is 32.2. The summed E-state index contributed by atoms with van der Waals surface area (Å²) in [5.41, 5.74) is 5.15. The molecule has 0 spiro atoms. The van der Waals surface area contributed by atoms with E-state index in [1.54, 1.807) is 16.6 Å². The van der Waals surface area contributed by atoms with E-state index in [-0.39, 0.29) is 6.42 Å². The monoisotopic (exact) mass is 470 g/mol. The molecule has 0 saturated carbocycles. The zero-order chi connectivity index (χ0) is 24.1. The lowest BCUT2D eigenvalue weighted by atomic mass is 10.1. The average Bonchev–Trinajstić information content (AvgIpc) is 3.18. The van der Waals surface area contributed by atoms with Crippen LogP contribution < -0.4 is 10.6 Å². The highest BCUT2D eigenvalue weighted by Gasteiger charge is 2.16. The number of nitrogens with zero attached hydrogens (tertiary/aromatic N) is 4. The molecule has 3 amide bonds. The quantitative estimate of drug-likeness (QED) is 0.399. The average molecular weight is 471 g/mol. The Morgan fingerprint density at radius 2 is 1.85 bits per heavy atom. The predicted octanol–water partition coefficient (Wildman–Crippen LogP) is 2.90. The lowest BCUT2D eigenvalue weighted by Crippen LogP contribution is -2.37. The van der Waals surface area contributed by atoms with Gasteiger partial charge in [0.25, 0.3) is 11.7 Å². The lowest BCUT2D eigenvalue weighted by molar-refractivity contribution is -0.148. The smallest absolute Gasteiger partial charge is 0.325 e. The van der Waals surface area contributed by atoms with Crippen molar-refractivity contribution in [3.8, 4) is 0 Å². The molecule has 33 heavy (non-hydrogen) atoms. The van der Waals surface area contributed by atoms with Crippen LogP contribution in [0, 0.1) is 27.7 Å². The van der Waals surface area contributed by atoms with Gasteiger partial charge < -0.3 is 10.1 Å². The van der Waals surface area contributed by atoms with E-state index in [4.69, 9.17) is 4.74 Å². The fraction of sp³-hybridized carbons (Fsp3) is 0.364. The molecule has 0 saturated heterocycles. The van der Waals surface area contributed by atoms with Gasteiger partial charge in [0.15, 0.2) is 6.61 Å². The number of nitrogens with one attached hydrogen (secondary N) is 2. The number of imide groups is 1. The minimum atomic E-state index is -0.715. The van der Waals surface area contributed by atoms with Gasteiger partial charge in [0.2, 0.25) is 5.16 Å². The summed E-state index contributed by atoms with van der Waals surface area (Å²) < 4.78 is 6.66. The fourth-order valence-electron chi connectivity index (χ4n) is 3.23. The number of amides is 3. The van der Waals surface area contributed by atoms with Gasteiger partial charge in [-0.15, -0.1) is 5.10 Å². The molecule has 0 unspecified atom stereocenters. The number of ether oxygens (including phenoxy) is 1. The van der Waals surface area contributed by atoms with Crippen molar-refractivity contribution in [1.29, 1.82) is 0 Å². The minimum Gasteiger partial charge on any atom is -0.456 e. The summed E-state index contributed by atoms with van der Waals surface area (Å²) in [7, 11) is 0. The van der Waals surface area contributed by atoms with Gasteiger partial charge in [-0.3, -0.25) is 14.9 Å². The van der Waals surface area contributed by atoms with Gasteiger partial charge in [0.1, 0.15) is 0 Å². The Bertz CT molecular complexity index is 1220. The predicted molar refractivity (Wildman–Crippen MR) is 124 cm³/mol. The van der Waals surface area contributed by atoms with E-state index in [0.717, 1.165) is 28.1 Å². The SMILES string of the molecule is CSc1nc2nc(C)c(CCC(=O)OCC(=O)NC(=O)Nc3ccc(C)c(C)c3)c(C)n2n1. The molecular weight excluding hydrogens is 444 g/mol. The number of aryl methyl sites for hydroxylation is 4. The number of carbonyl (C=O) groups excluding carboxylic acids is 3. The number of esters is 1. The summed E-state index contributed by atoms with van der Waals surface area (Å²) in [6, 6.07) is 4.72. The first-order valence-corrected chi connectivity index (χ1v) is 11.5. The van der Waals surface area contributed by atoms with E-state index in [0.29, 0.717) is 23.0 Å².